The van der Waals surface area contributed by atoms with Crippen LogP contribution in [0.3, 0.4) is 0 Å². The van der Waals surface area contributed by atoms with Gasteiger partial charge in [-0.15, -0.1) is 0 Å². The van der Waals surface area contributed by atoms with Crippen molar-refractivity contribution in [2.45, 2.75) is 25.8 Å². The Labute approximate surface area is 127 Å². The molecule has 1 N–H and O–H groups in total. The second-order valence-corrected chi connectivity index (χ2v) is 5.64. The number of nitrogens with one attached hydrogen (secondary N) is 1. The Hall–Kier alpha value is -1.26. The Bertz CT molecular complexity index is 569. The summed E-state index contributed by atoms with van der Waals surface area (Å²) in [6.45, 7) is 2.10. The van der Waals surface area contributed by atoms with Crippen LogP contribution >= 0.6 is 15.9 Å². The molecule has 20 heavy (non-hydrogen) atoms. The van der Waals surface area contributed by atoms with Crippen LogP contribution in [0.5, 0.6) is 0 Å². The van der Waals surface area contributed by atoms with Gasteiger partial charge in [-0.05, 0) is 37.2 Å². The largest absolute Gasteiger partial charge is 0.313 e. The molecule has 1 heterocycles. The Morgan fingerprint density at radius 3 is 2.65 bits per heavy atom. The lowest BCUT2D eigenvalue weighted by atomic mass is 10.0. The maximum atomic E-state index is 14.0. The average Bonchev–Trinajstić information content (AvgIpc) is 2.46. The monoisotopic (exact) mass is 336 g/mol. The van der Waals surface area contributed by atoms with Crippen molar-refractivity contribution >= 4 is 15.9 Å². The second-order valence-electron chi connectivity index (χ2n) is 4.72. The van der Waals surface area contributed by atoms with E-state index in [2.05, 4.69) is 39.2 Å². The molecule has 1 unspecified atom stereocenters. The van der Waals surface area contributed by atoms with Crippen LogP contribution in [-0.2, 0) is 12.8 Å². The van der Waals surface area contributed by atoms with Gasteiger partial charge in [-0.2, -0.15) is 0 Å². The number of nitrogens with zero attached hydrogens (tertiary/aromatic N) is 1. The van der Waals surface area contributed by atoms with Gasteiger partial charge in [0.05, 0.1) is 0 Å². The predicted molar refractivity (Wildman–Crippen MR) is 83.2 cm³/mol. The highest BCUT2D eigenvalue weighted by molar-refractivity contribution is 9.10. The fourth-order valence-electron chi connectivity index (χ4n) is 2.15. The molecule has 4 heteroatoms. The van der Waals surface area contributed by atoms with Gasteiger partial charge in [0, 0.05) is 34.4 Å². The van der Waals surface area contributed by atoms with Gasteiger partial charge in [0.25, 0.3) is 0 Å². The van der Waals surface area contributed by atoms with Gasteiger partial charge < -0.3 is 5.32 Å². The molecule has 0 radical (unpaired) electrons. The summed E-state index contributed by atoms with van der Waals surface area (Å²) in [5.74, 6) is -0.205. The van der Waals surface area contributed by atoms with Gasteiger partial charge in [-0.3, -0.25) is 4.98 Å². The highest BCUT2D eigenvalue weighted by Gasteiger charge is 2.15. The van der Waals surface area contributed by atoms with E-state index in [-0.39, 0.29) is 11.9 Å². The number of likely N-dealkylation sites (N-methyl/N-ethyl adjacent to an activating group) is 1. The number of aromatic nitrogens is 1. The minimum Gasteiger partial charge on any atom is -0.313 e. The van der Waals surface area contributed by atoms with Gasteiger partial charge in [0.1, 0.15) is 5.82 Å². The third-order valence-corrected chi connectivity index (χ3v) is 3.89. The van der Waals surface area contributed by atoms with Gasteiger partial charge in [0.15, 0.2) is 0 Å². The first-order valence-corrected chi connectivity index (χ1v) is 7.49. The number of hydrogen-bond acceptors (Lipinski definition) is 2. The summed E-state index contributed by atoms with van der Waals surface area (Å²) in [4.78, 5) is 4.44. The van der Waals surface area contributed by atoms with Gasteiger partial charge in [0.2, 0.25) is 0 Å². The molecule has 0 spiro atoms. The summed E-state index contributed by atoms with van der Waals surface area (Å²) < 4.78 is 14.8. The third-order valence-electron chi connectivity index (χ3n) is 3.39. The van der Waals surface area contributed by atoms with Gasteiger partial charge >= 0.3 is 0 Å². The van der Waals surface area contributed by atoms with E-state index in [1.807, 2.05) is 25.4 Å². The molecule has 0 amide bonds. The van der Waals surface area contributed by atoms with Crippen LogP contribution in [0.2, 0.25) is 0 Å². The molecule has 0 aliphatic rings. The van der Waals surface area contributed by atoms with E-state index in [4.69, 9.17) is 0 Å². The summed E-state index contributed by atoms with van der Waals surface area (Å²) in [6.07, 6.45) is 3.53. The van der Waals surface area contributed by atoms with Crippen LogP contribution < -0.4 is 5.32 Å². The topological polar surface area (TPSA) is 24.9 Å². The second kappa shape index (κ2) is 6.95. The SMILES string of the molecule is CCc1ccc(CC(NC)c2ccc(Br)cc2F)nc1. The zero-order chi connectivity index (χ0) is 14.5. The standard InChI is InChI=1S/C16H18BrFN2/c1-3-11-4-6-13(20-10-11)9-16(19-2)14-7-5-12(17)8-15(14)18/h4-8,10,16,19H,3,9H2,1-2H3. The molecule has 0 saturated carbocycles. The Morgan fingerprint density at radius 2 is 2.10 bits per heavy atom. The van der Waals surface area contributed by atoms with Crippen molar-refractivity contribution in [3.05, 3.63) is 63.6 Å². The van der Waals surface area contributed by atoms with Gasteiger partial charge in [-0.25, -0.2) is 4.39 Å². The molecule has 0 saturated heterocycles. The molecular weight excluding hydrogens is 319 g/mol. The first-order valence-electron chi connectivity index (χ1n) is 6.70. The molecular formula is C16H18BrFN2. The average molecular weight is 337 g/mol. The van der Waals surface area contributed by atoms with E-state index in [9.17, 15) is 4.39 Å². The van der Waals surface area contributed by atoms with Gasteiger partial charge in [-0.1, -0.05) is 35.0 Å². The maximum absolute atomic E-state index is 14.0. The number of hydrogen-bond donors (Lipinski definition) is 1. The Morgan fingerprint density at radius 1 is 1.30 bits per heavy atom. The van der Waals surface area contributed by atoms with Crippen molar-refractivity contribution in [2.24, 2.45) is 0 Å². The van der Waals surface area contributed by atoms with E-state index in [0.29, 0.717) is 12.0 Å². The van der Waals surface area contributed by atoms with E-state index < -0.39 is 0 Å². The van der Waals surface area contributed by atoms with E-state index in [1.54, 1.807) is 6.07 Å². The van der Waals surface area contributed by atoms with Crippen molar-refractivity contribution < 1.29 is 4.39 Å². The highest BCUT2D eigenvalue weighted by atomic mass is 79.9. The molecule has 1 aromatic carbocycles. The zero-order valence-corrected chi connectivity index (χ0v) is 13.2. The van der Waals surface area contributed by atoms with Crippen molar-refractivity contribution in [1.82, 2.24) is 10.3 Å². The van der Waals surface area contributed by atoms with Crippen LogP contribution in [0, 0.1) is 5.82 Å². The lowest BCUT2D eigenvalue weighted by Gasteiger charge is -2.17. The summed E-state index contributed by atoms with van der Waals surface area (Å²) >= 11 is 3.28. The first kappa shape index (κ1) is 15.1. The van der Waals surface area contributed by atoms with Crippen LogP contribution in [0.1, 0.15) is 29.8 Å². The van der Waals surface area contributed by atoms with Crippen LogP contribution in [-0.4, -0.2) is 12.0 Å². The molecule has 1 aromatic heterocycles. The zero-order valence-electron chi connectivity index (χ0n) is 11.7. The van der Waals surface area contributed by atoms with E-state index in [0.717, 1.165) is 16.6 Å². The Kier molecular flexibility index (Phi) is 5.26. The first-order chi connectivity index (χ1) is 9.63. The summed E-state index contributed by atoms with van der Waals surface area (Å²) in [7, 11) is 1.84. The van der Waals surface area contributed by atoms with Crippen molar-refractivity contribution in [1.29, 1.82) is 0 Å². The molecule has 2 rings (SSSR count). The van der Waals surface area contributed by atoms with Crippen molar-refractivity contribution in [3.8, 4) is 0 Å². The quantitative estimate of drug-likeness (QED) is 0.890. The third kappa shape index (κ3) is 3.64. The lowest BCUT2D eigenvalue weighted by molar-refractivity contribution is 0.529. The molecule has 0 aliphatic heterocycles. The number of rotatable bonds is 5. The molecule has 0 aliphatic carbocycles. The Balaban J connectivity index is 2.19. The number of aryl methyl sites for hydroxylation is 1. The fourth-order valence-corrected chi connectivity index (χ4v) is 2.48. The van der Waals surface area contributed by atoms with Crippen LogP contribution in [0.15, 0.2) is 41.0 Å². The molecule has 0 fully saturated rings. The molecule has 1 atom stereocenters. The number of pyridine rings is 1. The van der Waals surface area contributed by atoms with Crippen LogP contribution in [0.25, 0.3) is 0 Å². The minimum atomic E-state index is -0.205. The van der Waals surface area contributed by atoms with Crippen molar-refractivity contribution in [3.63, 3.8) is 0 Å². The van der Waals surface area contributed by atoms with Crippen molar-refractivity contribution in [2.75, 3.05) is 7.05 Å². The smallest absolute Gasteiger partial charge is 0.129 e. The summed E-state index contributed by atoms with van der Waals surface area (Å²) in [5, 5.41) is 3.16. The number of benzene rings is 1. The summed E-state index contributed by atoms with van der Waals surface area (Å²) in [6, 6.07) is 9.17. The lowest BCUT2D eigenvalue weighted by Crippen LogP contribution is -2.20. The maximum Gasteiger partial charge on any atom is 0.129 e. The molecule has 2 nitrogen and oxygen atoms in total. The molecule has 106 valence electrons. The fraction of sp³-hybridized carbons (Fsp3) is 0.312. The number of halogens is 2. The van der Waals surface area contributed by atoms with E-state index >= 15 is 0 Å². The molecule has 2 aromatic rings. The van der Waals surface area contributed by atoms with E-state index in [1.165, 1.54) is 11.6 Å². The molecule has 0 bridgehead atoms. The predicted octanol–water partition coefficient (Wildman–Crippen LogP) is 4.05. The minimum absolute atomic E-state index is 0.0805. The summed E-state index contributed by atoms with van der Waals surface area (Å²) in [5.41, 5.74) is 2.84. The normalized spacial score (nSPS) is 12.4. The highest BCUT2D eigenvalue weighted by Crippen LogP contribution is 2.23. The van der Waals surface area contributed by atoms with Crippen LogP contribution in [0.4, 0.5) is 4.39 Å².